The van der Waals surface area contributed by atoms with Crippen LogP contribution in [0.3, 0.4) is 0 Å². The van der Waals surface area contributed by atoms with Crippen LogP contribution in [0.1, 0.15) is 11.4 Å². The highest BCUT2D eigenvalue weighted by molar-refractivity contribution is 5.71. The average molecular weight is 183 g/mol. The Morgan fingerprint density at radius 3 is 1.77 bits per heavy atom. The Bertz CT molecular complexity index is 298. The SMILES string of the molecule is O=C(O)Cc1ccc(CC(=O)O)[nH]1. The van der Waals surface area contributed by atoms with Gasteiger partial charge >= 0.3 is 11.9 Å². The molecule has 1 heterocycles. The van der Waals surface area contributed by atoms with Crippen molar-refractivity contribution in [3.63, 3.8) is 0 Å². The van der Waals surface area contributed by atoms with Gasteiger partial charge in [-0.25, -0.2) is 0 Å². The van der Waals surface area contributed by atoms with Crippen molar-refractivity contribution in [2.24, 2.45) is 0 Å². The van der Waals surface area contributed by atoms with Crippen LogP contribution in [0, 0.1) is 0 Å². The first-order chi connectivity index (χ1) is 6.08. The predicted octanol–water partition coefficient (Wildman–Crippen LogP) is 0.269. The van der Waals surface area contributed by atoms with Crippen LogP contribution >= 0.6 is 0 Å². The molecule has 3 N–H and O–H groups in total. The summed E-state index contributed by atoms with van der Waals surface area (Å²) >= 11 is 0. The molecule has 0 radical (unpaired) electrons. The molecule has 0 atom stereocenters. The van der Waals surface area contributed by atoms with Crippen molar-refractivity contribution in [3.05, 3.63) is 23.5 Å². The van der Waals surface area contributed by atoms with Gasteiger partial charge in [0.25, 0.3) is 0 Å². The van der Waals surface area contributed by atoms with E-state index in [1.807, 2.05) is 0 Å². The van der Waals surface area contributed by atoms with Gasteiger partial charge in [0.1, 0.15) is 0 Å². The fourth-order valence-corrected chi connectivity index (χ4v) is 1.02. The minimum Gasteiger partial charge on any atom is -0.481 e. The molecule has 0 saturated heterocycles. The Hall–Kier alpha value is -1.78. The fourth-order valence-electron chi connectivity index (χ4n) is 1.02. The molecule has 0 aliphatic heterocycles. The second-order valence-corrected chi connectivity index (χ2v) is 2.65. The van der Waals surface area contributed by atoms with Gasteiger partial charge in [0, 0.05) is 11.4 Å². The van der Waals surface area contributed by atoms with Gasteiger partial charge in [-0.2, -0.15) is 0 Å². The van der Waals surface area contributed by atoms with Crippen LogP contribution in [0.5, 0.6) is 0 Å². The maximum absolute atomic E-state index is 10.3. The molecular formula is C8H9NO4. The number of hydrogen-bond acceptors (Lipinski definition) is 2. The van der Waals surface area contributed by atoms with Crippen molar-refractivity contribution in [3.8, 4) is 0 Å². The van der Waals surface area contributed by atoms with E-state index in [0.29, 0.717) is 11.4 Å². The van der Waals surface area contributed by atoms with Gasteiger partial charge in [-0.3, -0.25) is 9.59 Å². The third-order valence-electron chi connectivity index (χ3n) is 1.49. The summed E-state index contributed by atoms with van der Waals surface area (Å²) in [5.41, 5.74) is 1.03. The summed E-state index contributed by atoms with van der Waals surface area (Å²) < 4.78 is 0. The van der Waals surface area contributed by atoms with Gasteiger partial charge in [0.15, 0.2) is 0 Å². The van der Waals surface area contributed by atoms with Crippen LogP contribution in [0.25, 0.3) is 0 Å². The zero-order valence-corrected chi connectivity index (χ0v) is 6.78. The van der Waals surface area contributed by atoms with E-state index in [0.717, 1.165) is 0 Å². The normalized spacial score (nSPS) is 9.85. The van der Waals surface area contributed by atoms with Gasteiger partial charge in [-0.1, -0.05) is 0 Å². The molecule has 0 amide bonds. The monoisotopic (exact) mass is 183 g/mol. The molecule has 1 rings (SSSR count). The first-order valence-electron chi connectivity index (χ1n) is 3.68. The maximum atomic E-state index is 10.3. The molecule has 0 aliphatic rings. The summed E-state index contributed by atoms with van der Waals surface area (Å²) in [6.07, 6.45) is -0.223. The summed E-state index contributed by atoms with van der Waals surface area (Å²) in [5.74, 6) is -1.88. The van der Waals surface area contributed by atoms with E-state index in [1.165, 1.54) is 0 Å². The lowest BCUT2D eigenvalue weighted by molar-refractivity contribution is -0.137. The average Bonchev–Trinajstić information content (AvgIpc) is 2.33. The number of H-pyrrole nitrogens is 1. The summed E-state index contributed by atoms with van der Waals surface area (Å²) in [5, 5.41) is 16.8. The third kappa shape index (κ3) is 2.98. The number of carboxylic acids is 2. The lowest BCUT2D eigenvalue weighted by Gasteiger charge is -1.92. The number of nitrogens with one attached hydrogen (secondary N) is 1. The van der Waals surface area contributed by atoms with E-state index in [2.05, 4.69) is 4.98 Å². The molecule has 1 aromatic rings. The van der Waals surface area contributed by atoms with Crippen molar-refractivity contribution in [2.75, 3.05) is 0 Å². The van der Waals surface area contributed by atoms with Crippen molar-refractivity contribution in [1.29, 1.82) is 0 Å². The van der Waals surface area contributed by atoms with Crippen LogP contribution in [-0.2, 0) is 22.4 Å². The standard InChI is InChI=1S/C8H9NO4/c10-7(11)3-5-1-2-6(9-5)4-8(12)13/h1-2,9H,3-4H2,(H,10,11)(H,12,13). The first kappa shape index (κ1) is 9.31. The zero-order valence-electron chi connectivity index (χ0n) is 6.78. The molecule has 0 aliphatic carbocycles. The molecule has 5 nitrogen and oxygen atoms in total. The molecule has 0 bridgehead atoms. The molecule has 0 aromatic carbocycles. The number of rotatable bonds is 4. The first-order valence-corrected chi connectivity index (χ1v) is 3.68. The summed E-state index contributed by atoms with van der Waals surface area (Å²) in [6.45, 7) is 0. The van der Waals surface area contributed by atoms with Crippen LogP contribution in [0.15, 0.2) is 12.1 Å². The topological polar surface area (TPSA) is 90.4 Å². The van der Waals surface area contributed by atoms with Crippen LogP contribution < -0.4 is 0 Å². The Morgan fingerprint density at radius 2 is 1.46 bits per heavy atom. The minimum atomic E-state index is -0.941. The van der Waals surface area contributed by atoms with Crippen molar-refractivity contribution < 1.29 is 19.8 Å². The highest BCUT2D eigenvalue weighted by Crippen LogP contribution is 2.03. The Labute approximate surface area is 74.0 Å². The van der Waals surface area contributed by atoms with E-state index >= 15 is 0 Å². The van der Waals surface area contributed by atoms with E-state index in [4.69, 9.17) is 10.2 Å². The van der Waals surface area contributed by atoms with Gasteiger partial charge in [0.2, 0.25) is 0 Å². The van der Waals surface area contributed by atoms with E-state index in [-0.39, 0.29) is 12.8 Å². The smallest absolute Gasteiger partial charge is 0.309 e. The molecule has 13 heavy (non-hydrogen) atoms. The largest absolute Gasteiger partial charge is 0.481 e. The second-order valence-electron chi connectivity index (χ2n) is 2.65. The van der Waals surface area contributed by atoms with Gasteiger partial charge < -0.3 is 15.2 Å². The van der Waals surface area contributed by atoms with E-state index in [9.17, 15) is 9.59 Å². The highest BCUT2D eigenvalue weighted by Gasteiger charge is 2.05. The van der Waals surface area contributed by atoms with Crippen molar-refractivity contribution >= 4 is 11.9 Å². The van der Waals surface area contributed by atoms with Crippen molar-refractivity contribution in [2.45, 2.75) is 12.8 Å². The molecule has 1 aromatic heterocycles. The van der Waals surface area contributed by atoms with Gasteiger partial charge in [-0.05, 0) is 12.1 Å². The minimum absolute atomic E-state index is 0.111. The second kappa shape index (κ2) is 3.75. The summed E-state index contributed by atoms with van der Waals surface area (Å²) in [7, 11) is 0. The molecule has 0 spiro atoms. The zero-order chi connectivity index (χ0) is 9.84. The fraction of sp³-hybridized carbons (Fsp3) is 0.250. The van der Waals surface area contributed by atoms with E-state index in [1.54, 1.807) is 12.1 Å². The molecule has 0 unspecified atom stereocenters. The molecule has 5 heteroatoms. The quantitative estimate of drug-likeness (QED) is 0.624. The summed E-state index contributed by atoms with van der Waals surface area (Å²) in [4.78, 5) is 23.2. The number of carboxylic acid groups (broad SMARTS) is 2. The number of aliphatic carboxylic acids is 2. The number of hydrogen-bond donors (Lipinski definition) is 3. The van der Waals surface area contributed by atoms with Crippen molar-refractivity contribution in [1.82, 2.24) is 4.98 Å². The van der Waals surface area contributed by atoms with Crippen LogP contribution in [0.4, 0.5) is 0 Å². The Kier molecular flexibility index (Phi) is 2.69. The van der Waals surface area contributed by atoms with Gasteiger partial charge in [-0.15, -0.1) is 0 Å². The molecular weight excluding hydrogens is 174 g/mol. The molecule has 0 fully saturated rings. The van der Waals surface area contributed by atoms with Crippen LogP contribution in [-0.4, -0.2) is 27.1 Å². The van der Waals surface area contributed by atoms with E-state index < -0.39 is 11.9 Å². The molecule has 0 saturated carbocycles. The third-order valence-corrected chi connectivity index (χ3v) is 1.49. The predicted molar refractivity (Wildman–Crippen MR) is 43.5 cm³/mol. The lowest BCUT2D eigenvalue weighted by atomic mass is 10.3. The van der Waals surface area contributed by atoms with Crippen LogP contribution in [0.2, 0.25) is 0 Å². The summed E-state index contributed by atoms with van der Waals surface area (Å²) in [6, 6.07) is 3.15. The number of carbonyl (C=O) groups is 2. The Balaban J connectivity index is 2.63. The maximum Gasteiger partial charge on any atom is 0.309 e. The highest BCUT2D eigenvalue weighted by atomic mass is 16.4. The van der Waals surface area contributed by atoms with Gasteiger partial charge in [0.05, 0.1) is 12.8 Å². The lowest BCUT2D eigenvalue weighted by Crippen LogP contribution is -2.02. The number of aromatic amines is 1. The molecule has 70 valence electrons. The number of aromatic nitrogens is 1. The Morgan fingerprint density at radius 1 is 1.08 bits per heavy atom.